The van der Waals surface area contributed by atoms with Crippen LogP contribution < -0.4 is 15.9 Å². The predicted molar refractivity (Wildman–Crippen MR) is 53.7 cm³/mol. The Bertz CT molecular complexity index is 417. The number of nitrogens with two attached hydrogens (primary N) is 1. The minimum absolute atomic E-state index is 0.0556. The van der Waals surface area contributed by atoms with Gasteiger partial charge in [0.2, 0.25) is 0 Å². The van der Waals surface area contributed by atoms with Gasteiger partial charge < -0.3 is 25.5 Å². The number of carbonyl (C=O) groups is 2. The maximum absolute atomic E-state index is 10.9. The van der Waals surface area contributed by atoms with E-state index in [1.54, 1.807) is 0 Å². The van der Waals surface area contributed by atoms with Crippen molar-refractivity contribution < 1.29 is 19.8 Å². The lowest BCUT2D eigenvalue weighted by Gasteiger charge is -2.20. The normalized spacial score (nSPS) is 10.2. The molecular formula is C11H11NO4-2. The highest BCUT2D eigenvalue weighted by molar-refractivity contribution is 6.00. The standard InChI is InChI=1S/C11H13NO4/c1-4-5(2)8(11(15)16)9(12)6(3)7(4)10(13)14/h12H2,1-3H3,(H,13,14)(H,15,16)/p-2. The van der Waals surface area contributed by atoms with Gasteiger partial charge in [0.15, 0.2) is 0 Å². The van der Waals surface area contributed by atoms with E-state index < -0.39 is 11.9 Å². The Morgan fingerprint density at radius 2 is 1.25 bits per heavy atom. The first-order chi connectivity index (χ1) is 7.29. The van der Waals surface area contributed by atoms with Crippen molar-refractivity contribution in [1.29, 1.82) is 0 Å². The second kappa shape index (κ2) is 3.84. The lowest BCUT2D eigenvalue weighted by molar-refractivity contribution is -0.256. The summed E-state index contributed by atoms with van der Waals surface area (Å²) in [5, 5.41) is 21.8. The molecule has 0 atom stereocenters. The van der Waals surface area contributed by atoms with Crippen LogP contribution in [0.2, 0.25) is 0 Å². The summed E-state index contributed by atoms with van der Waals surface area (Å²) in [5.41, 5.74) is 6.12. The Labute approximate surface area is 92.5 Å². The highest BCUT2D eigenvalue weighted by Gasteiger charge is 2.16. The molecule has 0 bridgehead atoms. The molecule has 86 valence electrons. The zero-order valence-corrected chi connectivity index (χ0v) is 9.21. The monoisotopic (exact) mass is 221 g/mol. The van der Waals surface area contributed by atoms with Gasteiger partial charge in [-0.3, -0.25) is 0 Å². The third-order valence-electron chi connectivity index (χ3n) is 2.77. The molecule has 0 radical (unpaired) electrons. The van der Waals surface area contributed by atoms with Gasteiger partial charge in [0.05, 0.1) is 11.9 Å². The Hall–Kier alpha value is -2.04. The molecule has 0 heterocycles. The summed E-state index contributed by atoms with van der Waals surface area (Å²) in [7, 11) is 0. The average Bonchev–Trinajstić information content (AvgIpc) is 2.14. The third kappa shape index (κ3) is 1.60. The van der Waals surface area contributed by atoms with Crippen molar-refractivity contribution >= 4 is 17.6 Å². The van der Waals surface area contributed by atoms with Crippen LogP contribution in [0.25, 0.3) is 0 Å². The first kappa shape index (κ1) is 12.0. The molecule has 0 amide bonds. The van der Waals surface area contributed by atoms with Gasteiger partial charge in [0, 0.05) is 16.8 Å². The van der Waals surface area contributed by atoms with E-state index in [0.29, 0.717) is 11.1 Å². The van der Waals surface area contributed by atoms with E-state index in [4.69, 9.17) is 5.73 Å². The van der Waals surface area contributed by atoms with Crippen LogP contribution in [0.4, 0.5) is 5.69 Å². The second-order valence-corrected chi connectivity index (χ2v) is 3.61. The van der Waals surface area contributed by atoms with Crippen molar-refractivity contribution in [3.05, 3.63) is 27.8 Å². The fraction of sp³-hybridized carbons (Fsp3) is 0.273. The lowest BCUT2D eigenvalue weighted by atomic mass is 9.91. The number of benzene rings is 1. The Balaban J connectivity index is 3.77. The molecule has 0 saturated heterocycles. The third-order valence-corrected chi connectivity index (χ3v) is 2.77. The first-order valence-electron chi connectivity index (χ1n) is 4.61. The molecule has 5 heteroatoms. The number of carboxylic acid groups (broad SMARTS) is 2. The van der Waals surface area contributed by atoms with Gasteiger partial charge in [-0.1, -0.05) is 0 Å². The van der Waals surface area contributed by atoms with E-state index >= 15 is 0 Å². The van der Waals surface area contributed by atoms with E-state index in [0.717, 1.165) is 0 Å². The average molecular weight is 221 g/mol. The zero-order valence-electron chi connectivity index (χ0n) is 9.21. The molecule has 1 rings (SSSR count). The molecule has 1 aromatic rings. The number of carboxylic acids is 2. The van der Waals surface area contributed by atoms with Gasteiger partial charge in [-0.15, -0.1) is 0 Å². The van der Waals surface area contributed by atoms with Crippen LogP contribution >= 0.6 is 0 Å². The summed E-state index contributed by atoms with van der Waals surface area (Å²) in [5.74, 6) is -2.78. The van der Waals surface area contributed by atoms with Gasteiger partial charge in [0.25, 0.3) is 0 Å². The molecule has 0 fully saturated rings. The van der Waals surface area contributed by atoms with Crippen molar-refractivity contribution in [3.63, 3.8) is 0 Å². The Kier molecular flexibility index (Phi) is 2.89. The van der Waals surface area contributed by atoms with Gasteiger partial charge in [-0.2, -0.15) is 0 Å². The number of hydrogen-bond acceptors (Lipinski definition) is 5. The summed E-state index contributed by atoms with van der Waals surface area (Å²) in [6.07, 6.45) is 0. The molecule has 0 spiro atoms. The topological polar surface area (TPSA) is 106 Å². The van der Waals surface area contributed by atoms with Crippen molar-refractivity contribution in [1.82, 2.24) is 0 Å². The van der Waals surface area contributed by atoms with E-state index in [1.807, 2.05) is 0 Å². The van der Waals surface area contributed by atoms with Gasteiger partial charge in [-0.05, 0) is 37.5 Å². The van der Waals surface area contributed by atoms with Crippen molar-refractivity contribution in [3.8, 4) is 0 Å². The van der Waals surface area contributed by atoms with Gasteiger partial charge in [0.1, 0.15) is 0 Å². The quantitative estimate of drug-likeness (QED) is 0.639. The van der Waals surface area contributed by atoms with E-state index in [1.165, 1.54) is 20.8 Å². The Morgan fingerprint density at radius 3 is 1.62 bits per heavy atom. The van der Waals surface area contributed by atoms with Crippen molar-refractivity contribution in [2.45, 2.75) is 20.8 Å². The van der Waals surface area contributed by atoms with Crippen molar-refractivity contribution in [2.24, 2.45) is 0 Å². The minimum Gasteiger partial charge on any atom is -0.545 e. The maximum Gasteiger partial charge on any atom is 0.0738 e. The highest BCUT2D eigenvalue weighted by atomic mass is 16.4. The SMILES string of the molecule is Cc1c(C)c(C(=O)[O-])c(N)c(C)c1C(=O)[O-]. The van der Waals surface area contributed by atoms with E-state index in [9.17, 15) is 19.8 Å². The highest BCUT2D eigenvalue weighted by Crippen LogP contribution is 2.28. The number of hydrogen-bond donors (Lipinski definition) is 1. The van der Waals surface area contributed by atoms with Crippen LogP contribution in [0.15, 0.2) is 0 Å². The smallest absolute Gasteiger partial charge is 0.0738 e. The number of rotatable bonds is 2. The summed E-state index contributed by atoms with van der Waals surface area (Å²) >= 11 is 0. The predicted octanol–water partition coefficient (Wildman–Crippen LogP) is -1.08. The molecule has 0 aliphatic heterocycles. The van der Waals surface area contributed by atoms with Crippen LogP contribution in [0, 0.1) is 20.8 Å². The summed E-state index contributed by atoms with van der Waals surface area (Å²) in [4.78, 5) is 21.8. The molecule has 5 nitrogen and oxygen atoms in total. The van der Waals surface area contributed by atoms with Crippen molar-refractivity contribution in [2.75, 3.05) is 5.73 Å². The largest absolute Gasteiger partial charge is 0.545 e. The van der Waals surface area contributed by atoms with Crippen LogP contribution in [-0.2, 0) is 0 Å². The van der Waals surface area contributed by atoms with Gasteiger partial charge >= 0.3 is 0 Å². The number of nitrogen functional groups attached to an aromatic ring is 1. The number of carbonyl (C=O) groups excluding carboxylic acids is 2. The maximum atomic E-state index is 10.9. The van der Waals surface area contributed by atoms with Crippen LogP contribution in [0.1, 0.15) is 37.4 Å². The second-order valence-electron chi connectivity index (χ2n) is 3.61. The van der Waals surface area contributed by atoms with Crippen LogP contribution in [0.3, 0.4) is 0 Å². The summed E-state index contributed by atoms with van der Waals surface area (Å²) in [6, 6.07) is 0. The molecule has 0 aromatic heterocycles. The van der Waals surface area contributed by atoms with E-state index in [2.05, 4.69) is 0 Å². The lowest BCUT2D eigenvalue weighted by Crippen LogP contribution is -2.29. The molecule has 0 unspecified atom stereocenters. The van der Waals surface area contributed by atoms with E-state index in [-0.39, 0.29) is 22.4 Å². The molecule has 16 heavy (non-hydrogen) atoms. The molecule has 2 N–H and O–H groups in total. The van der Waals surface area contributed by atoms with Crippen LogP contribution in [-0.4, -0.2) is 11.9 Å². The number of aromatic carboxylic acids is 2. The molecule has 1 aromatic carbocycles. The minimum atomic E-state index is -1.41. The molecule has 0 aliphatic rings. The summed E-state index contributed by atoms with van der Waals surface area (Å²) < 4.78 is 0. The number of anilines is 1. The van der Waals surface area contributed by atoms with Crippen LogP contribution in [0.5, 0.6) is 0 Å². The molecular weight excluding hydrogens is 210 g/mol. The zero-order chi connectivity index (χ0) is 12.6. The molecule has 0 saturated carbocycles. The summed E-state index contributed by atoms with van der Waals surface area (Å²) in [6.45, 7) is 4.45. The fourth-order valence-corrected chi connectivity index (χ4v) is 1.75. The molecule has 0 aliphatic carbocycles. The fourth-order valence-electron chi connectivity index (χ4n) is 1.75. The Morgan fingerprint density at radius 1 is 0.875 bits per heavy atom. The first-order valence-corrected chi connectivity index (χ1v) is 4.61. The van der Waals surface area contributed by atoms with Gasteiger partial charge in [-0.25, -0.2) is 0 Å².